The summed E-state index contributed by atoms with van der Waals surface area (Å²) in [6.45, 7) is 9.35. The maximum absolute atomic E-state index is 12.1. The lowest BCUT2D eigenvalue weighted by atomic mass is 9.85. The van der Waals surface area contributed by atoms with Crippen molar-refractivity contribution in [3.63, 3.8) is 0 Å². The molecule has 1 saturated heterocycles. The molecule has 0 bridgehead atoms. The fraction of sp³-hybridized carbons (Fsp3) is 0.471. The highest BCUT2D eigenvalue weighted by molar-refractivity contribution is 6.38. The van der Waals surface area contributed by atoms with Crippen molar-refractivity contribution in [1.82, 2.24) is 4.90 Å². The minimum Gasteiger partial charge on any atom is -0.379 e. The summed E-state index contributed by atoms with van der Waals surface area (Å²) in [6, 6.07) is 8.43. The highest BCUT2D eigenvalue weighted by Crippen LogP contribution is 2.32. The minimum atomic E-state index is -0.294. The van der Waals surface area contributed by atoms with Crippen LogP contribution in [0.3, 0.4) is 0 Å². The van der Waals surface area contributed by atoms with Gasteiger partial charge in [0.1, 0.15) is 6.34 Å². The van der Waals surface area contributed by atoms with Crippen molar-refractivity contribution < 1.29 is 4.79 Å². The second kappa shape index (κ2) is 6.81. The fourth-order valence-electron chi connectivity index (χ4n) is 2.82. The van der Waals surface area contributed by atoms with Gasteiger partial charge in [-0.05, 0) is 17.0 Å². The molecule has 0 spiro atoms. The second-order valence-corrected chi connectivity index (χ2v) is 6.69. The number of rotatable bonds is 2. The minimum absolute atomic E-state index is 0.0740. The highest BCUT2D eigenvalue weighted by Gasteiger charge is 2.26. The molecule has 0 aliphatic carbocycles. The van der Waals surface area contributed by atoms with Crippen LogP contribution in [-0.2, 0) is 10.2 Å². The van der Waals surface area contributed by atoms with Crippen molar-refractivity contribution in [2.45, 2.75) is 26.2 Å². The van der Waals surface area contributed by atoms with Crippen molar-refractivity contribution >= 4 is 23.8 Å². The summed E-state index contributed by atoms with van der Waals surface area (Å²) in [6.07, 6.45) is 0.795. The number of amides is 1. The first-order valence-electron chi connectivity index (χ1n) is 7.80. The van der Waals surface area contributed by atoms with Crippen LogP contribution in [0.25, 0.3) is 0 Å². The zero-order valence-electron chi connectivity index (χ0n) is 14.0. The maximum atomic E-state index is 12.1. The number of piperazine rings is 1. The quantitative estimate of drug-likeness (QED) is 0.642. The number of hydrogen-bond acceptors (Lipinski definition) is 3. The van der Waals surface area contributed by atoms with Crippen LogP contribution in [0.1, 0.15) is 26.3 Å². The molecule has 1 amide bonds. The van der Waals surface area contributed by atoms with E-state index in [1.54, 1.807) is 4.90 Å². The van der Waals surface area contributed by atoms with Crippen LogP contribution < -0.4 is 10.6 Å². The smallest absolute Gasteiger partial charge is 0.289 e. The van der Waals surface area contributed by atoms with Gasteiger partial charge < -0.3 is 15.5 Å². The molecule has 0 saturated carbocycles. The van der Waals surface area contributed by atoms with Crippen LogP contribution in [0.4, 0.5) is 5.69 Å². The number of nitrogens with two attached hydrogens (primary N) is 1. The number of nitrogens with one attached hydrogen (secondary N) is 1. The number of amidine groups is 1. The van der Waals surface area contributed by atoms with Crippen LogP contribution in [0.2, 0.25) is 0 Å². The average Bonchev–Trinajstić information content (AvgIpc) is 2.54. The Labute approximate surface area is 137 Å². The van der Waals surface area contributed by atoms with Crippen LogP contribution >= 0.6 is 0 Å². The van der Waals surface area contributed by atoms with Gasteiger partial charge >= 0.3 is 0 Å². The Morgan fingerprint density at radius 2 is 1.83 bits per heavy atom. The molecule has 124 valence electrons. The lowest BCUT2D eigenvalue weighted by Crippen LogP contribution is -2.52. The summed E-state index contributed by atoms with van der Waals surface area (Å²) in [4.78, 5) is 19.7. The first-order chi connectivity index (χ1) is 10.8. The van der Waals surface area contributed by atoms with Crippen LogP contribution in [0.5, 0.6) is 0 Å². The molecule has 1 aromatic carbocycles. The van der Waals surface area contributed by atoms with E-state index in [2.05, 4.69) is 54.9 Å². The van der Waals surface area contributed by atoms with Gasteiger partial charge in [0.15, 0.2) is 5.84 Å². The fourth-order valence-corrected chi connectivity index (χ4v) is 2.82. The summed E-state index contributed by atoms with van der Waals surface area (Å²) in [5.41, 5.74) is 8.19. The van der Waals surface area contributed by atoms with E-state index in [4.69, 9.17) is 11.1 Å². The summed E-state index contributed by atoms with van der Waals surface area (Å²) >= 11 is 0. The largest absolute Gasteiger partial charge is 0.379 e. The molecule has 23 heavy (non-hydrogen) atoms. The van der Waals surface area contributed by atoms with Crippen LogP contribution in [-0.4, -0.2) is 49.2 Å². The maximum Gasteiger partial charge on any atom is 0.289 e. The molecule has 0 atom stereocenters. The van der Waals surface area contributed by atoms with Crippen molar-refractivity contribution in [1.29, 1.82) is 5.41 Å². The van der Waals surface area contributed by atoms with E-state index < -0.39 is 0 Å². The molecule has 6 nitrogen and oxygen atoms in total. The van der Waals surface area contributed by atoms with Gasteiger partial charge in [0, 0.05) is 31.9 Å². The van der Waals surface area contributed by atoms with Crippen molar-refractivity contribution in [2.75, 3.05) is 31.1 Å². The number of aliphatic imine (C=N–C) groups is 1. The number of hydrogen-bond donors (Lipinski definition) is 2. The number of carbonyl (C=O) groups is 1. The number of anilines is 1. The van der Waals surface area contributed by atoms with Gasteiger partial charge in [-0.25, -0.2) is 4.99 Å². The van der Waals surface area contributed by atoms with E-state index in [0.29, 0.717) is 13.1 Å². The van der Waals surface area contributed by atoms with E-state index >= 15 is 0 Å². The van der Waals surface area contributed by atoms with Gasteiger partial charge in [-0.15, -0.1) is 0 Å². The molecule has 1 aliphatic rings. The Balaban J connectivity index is 2.10. The zero-order chi connectivity index (χ0) is 17.0. The Morgan fingerprint density at radius 3 is 2.39 bits per heavy atom. The van der Waals surface area contributed by atoms with E-state index in [1.807, 2.05) is 0 Å². The van der Waals surface area contributed by atoms with Gasteiger partial charge in [-0.1, -0.05) is 39.0 Å². The normalized spacial score (nSPS) is 16.4. The van der Waals surface area contributed by atoms with Gasteiger partial charge in [-0.2, -0.15) is 0 Å². The van der Waals surface area contributed by atoms with E-state index in [-0.39, 0.29) is 17.2 Å². The summed E-state index contributed by atoms with van der Waals surface area (Å²) in [7, 11) is 0. The third-order valence-electron chi connectivity index (χ3n) is 4.04. The van der Waals surface area contributed by atoms with Gasteiger partial charge in [0.25, 0.3) is 5.91 Å². The molecule has 0 radical (unpaired) electrons. The third-order valence-corrected chi connectivity index (χ3v) is 4.04. The average molecular weight is 315 g/mol. The Kier molecular flexibility index (Phi) is 5.03. The standard InChI is InChI=1S/C17H25N5O/c1-17(2,3)13-6-4-5-7-14(13)21-8-10-22(11-9-21)16(23)15(19)20-12-18/h4-7,12H,8-11H2,1-3H3,(H3,18,19,20). The monoisotopic (exact) mass is 315 g/mol. The lowest BCUT2D eigenvalue weighted by molar-refractivity contribution is -0.124. The molecular formula is C17H25N5O. The van der Waals surface area contributed by atoms with Crippen LogP contribution in [0.15, 0.2) is 29.3 Å². The predicted octanol–water partition coefficient (Wildman–Crippen LogP) is 1.60. The molecule has 0 unspecified atom stereocenters. The molecule has 0 aromatic heterocycles. The summed E-state index contributed by atoms with van der Waals surface area (Å²) in [5, 5.41) is 6.90. The van der Waals surface area contributed by atoms with E-state index in [0.717, 1.165) is 19.4 Å². The summed E-state index contributed by atoms with van der Waals surface area (Å²) in [5.74, 6) is -0.416. The molecule has 3 N–H and O–H groups in total. The number of para-hydroxylation sites is 1. The van der Waals surface area contributed by atoms with E-state index in [1.165, 1.54) is 11.3 Å². The Hall–Kier alpha value is -2.37. The summed E-state index contributed by atoms with van der Waals surface area (Å²) < 4.78 is 0. The molecule has 1 heterocycles. The lowest BCUT2D eigenvalue weighted by Gasteiger charge is -2.38. The van der Waals surface area contributed by atoms with E-state index in [9.17, 15) is 4.79 Å². The molecule has 1 fully saturated rings. The van der Waals surface area contributed by atoms with Gasteiger partial charge in [0.05, 0.1) is 0 Å². The molecular weight excluding hydrogens is 290 g/mol. The first-order valence-corrected chi connectivity index (χ1v) is 7.80. The topological polar surface area (TPSA) is 85.8 Å². The number of carbonyl (C=O) groups excluding carboxylic acids is 1. The van der Waals surface area contributed by atoms with Gasteiger partial charge in [-0.3, -0.25) is 10.2 Å². The predicted molar refractivity (Wildman–Crippen MR) is 94.3 cm³/mol. The molecule has 1 aromatic rings. The van der Waals surface area contributed by atoms with Crippen molar-refractivity contribution in [3.05, 3.63) is 29.8 Å². The molecule has 2 rings (SSSR count). The van der Waals surface area contributed by atoms with Crippen molar-refractivity contribution in [3.8, 4) is 0 Å². The Morgan fingerprint density at radius 1 is 1.22 bits per heavy atom. The van der Waals surface area contributed by atoms with Crippen LogP contribution in [0, 0.1) is 5.41 Å². The zero-order valence-corrected chi connectivity index (χ0v) is 14.0. The second-order valence-electron chi connectivity index (χ2n) is 6.69. The Bertz CT molecular complexity index is 610. The number of nitrogens with zero attached hydrogens (tertiary/aromatic N) is 3. The SMILES string of the molecule is CC(C)(C)c1ccccc1N1CCN(C(=O)C(N)=NC=N)CC1. The highest BCUT2D eigenvalue weighted by atomic mass is 16.2. The first kappa shape index (κ1) is 17.0. The molecule has 1 aliphatic heterocycles. The van der Waals surface area contributed by atoms with Gasteiger partial charge in [0.2, 0.25) is 0 Å². The number of benzene rings is 1. The molecule has 6 heteroatoms. The third kappa shape index (κ3) is 3.88. The van der Waals surface area contributed by atoms with Crippen molar-refractivity contribution in [2.24, 2.45) is 10.7 Å².